The summed E-state index contributed by atoms with van der Waals surface area (Å²) in [5, 5.41) is 62.4. The third kappa shape index (κ3) is 7.07. The van der Waals surface area contributed by atoms with Gasteiger partial charge in [-0.05, 0) is 42.9 Å². The first kappa shape index (κ1) is 41.0. The molecule has 6 atom stereocenters. The number of methoxy groups -OCH3 is 1. The minimum Gasteiger partial charge on any atom is -0.507 e. The van der Waals surface area contributed by atoms with Gasteiger partial charge in [-0.1, -0.05) is 91.0 Å². The first-order valence-electron chi connectivity index (χ1n) is 19.4. The molecule has 1 saturated heterocycles. The number of ether oxygens (including phenoxy) is 3. The van der Waals surface area contributed by atoms with Crippen molar-refractivity contribution in [1.82, 2.24) is 5.32 Å². The van der Waals surface area contributed by atoms with Crippen molar-refractivity contribution < 1.29 is 58.9 Å². The van der Waals surface area contributed by atoms with Crippen molar-refractivity contribution in [3.63, 3.8) is 0 Å². The Morgan fingerprint density at radius 2 is 1.48 bits per heavy atom. The van der Waals surface area contributed by atoms with Crippen molar-refractivity contribution in [3.8, 4) is 17.2 Å². The minimum atomic E-state index is -2.35. The quantitative estimate of drug-likeness (QED) is 0.0869. The summed E-state index contributed by atoms with van der Waals surface area (Å²) in [4.78, 5) is 55.3. The number of Topliss-reactive ketones (excluding diaryl/α,β-unsaturated/α-hetero) is 1. The fourth-order valence-electron chi connectivity index (χ4n) is 8.55. The fraction of sp³-hybridized carbons (Fsp3) is 0.261. The van der Waals surface area contributed by atoms with Gasteiger partial charge in [0.15, 0.2) is 17.9 Å². The first-order valence-corrected chi connectivity index (χ1v) is 20.7. The molecule has 1 unspecified atom stereocenters. The molecule has 14 heteroatoms. The minimum absolute atomic E-state index is 0.0689. The number of ketones is 3. The molecule has 0 saturated carbocycles. The number of aliphatic hydroxyl groups is 3. The number of benzene rings is 5. The van der Waals surface area contributed by atoms with E-state index in [9.17, 15) is 44.7 Å². The van der Waals surface area contributed by atoms with E-state index in [1.165, 1.54) is 25.3 Å². The highest BCUT2D eigenvalue weighted by Gasteiger charge is 2.50. The van der Waals surface area contributed by atoms with Crippen LogP contribution >= 0.6 is 7.92 Å². The molecule has 1 amide bonds. The van der Waals surface area contributed by atoms with Crippen LogP contribution in [0.2, 0.25) is 0 Å². The van der Waals surface area contributed by atoms with Gasteiger partial charge in [0.25, 0.3) is 5.91 Å². The third-order valence-electron chi connectivity index (χ3n) is 11.5. The molecule has 5 aromatic carbocycles. The summed E-state index contributed by atoms with van der Waals surface area (Å²) >= 11 is 0. The van der Waals surface area contributed by atoms with Gasteiger partial charge in [0.05, 0.1) is 42.0 Å². The lowest BCUT2D eigenvalue weighted by Crippen LogP contribution is -2.56. The Bertz CT molecular complexity index is 2470. The van der Waals surface area contributed by atoms with E-state index in [2.05, 4.69) is 5.32 Å². The number of carbonyl (C=O) groups excluding carboxylic acids is 4. The number of phenolic OH excluding ortho intramolecular Hbond substituents is 2. The number of phenols is 2. The van der Waals surface area contributed by atoms with Crippen LogP contribution in [0.3, 0.4) is 0 Å². The van der Waals surface area contributed by atoms with E-state index in [1.54, 1.807) is 19.1 Å². The smallest absolute Gasteiger partial charge is 0.252 e. The topological polar surface area (TPSA) is 209 Å². The van der Waals surface area contributed by atoms with Crippen LogP contribution in [0.4, 0.5) is 0 Å². The van der Waals surface area contributed by atoms with Crippen molar-refractivity contribution >= 4 is 47.1 Å². The van der Waals surface area contributed by atoms with Gasteiger partial charge in [-0.25, -0.2) is 0 Å². The van der Waals surface area contributed by atoms with E-state index >= 15 is 0 Å². The molecule has 0 aromatic heterocycles. The van der Waals surface area contributed by atoms with Gasteiger partial charge in [0, 0.05) is 41.5 Å². The van der Waals surface area contributed by atoms with Gasteiger partial charge in [0.1, 0.15) is 35.6 Å². The molecule has 8 rings (SSSR count). The molecule has 0 radical (unpaired) electrons. The summed E-state index contributed by atoms with van der Waals surface area (Å²) in [6, 6.07) is 30.4. The molecule has 1 aliphatic heterocycles. The standard InChI is InChI=1S/C46H42NO12P/c1-24-40(50)30(47-45(55)27-16-9-10-19-33(27)60(25-12-5-3-6-13-25)26-14-7-4-8-15-26)20-35(58-24)59-32-22-46(56,34(49)23-48)21-29-37(32)44(54)39-38(42(29)52)41(51)28-17-11-18-31(57-2)36(28)43(39)53/h3-19,24,30,32,35,40,48,50,52,54,56H,20-23H2,1-2H3,(H,47,55)/t24-,30-,32+,35?,40+,46+/m1/s1. The summed E-state index contributed by atoms with van der Waals surface area (Å²) in [5.41, 5.74) is -3.59. The summed E-state index contributed by atoms with van der Waals surface area (Å²) in [5.74, 6) is -4.47. The molecule has 1 heterocycles. The molecule has 13 nitrogen and oxygen atoms in total. The highest BCUT2D eigenvalue weighted by molar-refractivity contribution is 7.80. The number of amides is 1. The van der Waals surface area contributed by atoms with E-state index in [4.69, 9.17) is 14.2 Å². The molecule has 5 aromatic rings. The Hall–Kier alpha value is -5.79. The summed E-state index contributed by atoms with van der Waals surface area (Å²) in [7, 11) is 0.144. The summed E-state index contributed by atoms with van der Waals surface area (Å²) in [6.45, 7) is 0.503. The van der Waals surface area contributed by atoms with Gasteiger partial charge in [-0.15, -0.1) is 0 Å². The van der Waals surface area contributed by atoms with Crippen LogP contribution in [-0.2, 0) is 20.7 Å². The molecule has 6 N–H and O–H groups in total. The van der Waals surface area contributed by atoms with Crippen molar-refractivity contribution in [2.75, 3.05) is 13.7 Å². The van der Waals surface area contributed by atoms with E-state index in [0.29, 0.717) is 5.56 Å². The third-order valence-corrected chi connectivity index (χ3v) is 14.0. The average Bonchev–Trinajstić information content (AvgIpc) is 3.26. The Kier molecular flexibility index (Phi) is 11.2. The lowest BCUT2D eigenvalue weighted by atomic mass is 9.72. The molecule has 3 aliphatic rings. The maximum Gasteiger partial charge on any atom is 0.252 e. The van der Waals surface area contributed by atoms with Gasteiger partial charge < -0.3 is 45.1 Å². The van der Waals surface area contributed by atoms with Crippen LogP contribution in [0.25, 0.3) is 0 Å². The number of fused-ring (bicyclic) bond motifs is 3. The zero-order chi connectivity index (χ0) is 42.5. The zero-order valence-corrected chi connectivity index (χ0v) is 33.5. The molecule has 1 fully saturated rings. The molecule has 0 spiro atoms. The van der Waals surface area contributed by atoms with Crippen LogP contribution in [0.15, 0.2) is 103 Å². The second-order valence-electron chi connectivity index (χ2n) is 15.1. The van der Waals surface area contributed by atoms with E-state index < -0.39 is 109 Å². The van der Waals surface area contributed by atoms with Crippen LogP contribution in [0.5, 0.6) is 17.2 Å². The van der Waals surface area contributed by atoms with Gasteiger partial charge in [0.2, 0.25) is 5.78 Å². The van der Waals surface area contributed by atoms with Crippen LogP contribution < -0.4 is 26.0 Å². The van der Waals surface area contributed by atoms with Gasteiger partial charge >= 0.3 is 0 Å². The van der Waals surface area contributed by atoms with Crippen LogP contribution in [-0.4, -0.2) is 92.6 Å². The van der Waals surface area contributed by atoms with E-state index in [-0.39, 0.29) is 34.4 Å². The van der Waals surface area contributed by atoms with Crippen LogP contribution in [0, 0.1) is 0 Å². The molecular formula is C46H42NO12P. The fourth-order valence-corrected chi connectivity index (χ4v) is 11.0. The number of aliphatic hydroxyl groups excluding tert-OH is 2. The molecular weight excluding hydrogens is 789 g/mol. The van der Waals surface area contributed by atoms with Gasteiger partial charge in [-0.3, -0.25) is 19.2 Å². The Labute approximate surface area is 345 Å². The second kappa shape index (κ2) is 16.3. The lowest BCUT2D eigenvalue weighted by Gasteiger charge is -2.43. The number of hydrogen-bond donors (Lipinski definition) is 6. The molecule has 2 aliphatic carbocycles. The summed E-state index contributed by atoms with van der Waals surface area (Å²) < 4.78 is 17.8. The van der Waals surface area contributed by atoms with Crippen molar-refractivity contribution in [1.29, 1.82) is 0 Å². The maximum atomic E-state index is 14.3. The normalized spacial score (nSPS) is 23.3. The number of carbonyl (C=O) groups is 4. The number of nitrogens with one attached hydrogen (secondary N) is 1. The first-order chi connectivity index (χ1) is 28.9. The Morgan fingerprint density at radius 3 is 2.13 bits per heavy atom. The maximum absolute atomic E-state index is 14.3. The van der Waals surface area contributed by atoms with Gasteiger partial charge in [-0.2, -0.15) is 0 Å². The highest BCUT2D eigenvalue weighted by atomic mass is 31.1. The van der Waals surface area contributed by atoms with Crippen molar-refractivity contribution in [2.24, 2.45) is 0 Å². The molecule has 60 heavy (non-hydrogen) atoms. The largest absolute Gasteiger partial charge is 0.507 e. The average molecular weight is 832 g/mol. The SMILES string of the molecule is COc1cccc2c1C(=O)c1c(O)c3c(c(O)c1C2=O)C[C@@](O)(C(=O)CO)C[C@@H]3OC1C[C@@H](NC(=O)c2ccccc2P(c2ccccc2)c2ccccc2)[C@@H](O)[C@@H](C)O1. The Morgan fingerprint density at radius 1 is 0.850 bits per heavy atom. The molecule has 308 valence electrons. The lowest BCUT2D eigenvalue weighted by molar-refractivity contribution is -0.249. The van der Waals surface area contributed by atoms with E-state index in [0.717, 1.165) is 15.9 Å². The number of rotatable bonds is 10. The predicted molar refractivity (Wildman–Crippen MR) is 220 cm³/mol. The summed E-state index contributed by atoms with van der Waals surface area (Å²) in [6.07, 6.45) is -6.20. The van der Waals surface area contributed by atoms with Crippen molar-refractivity contribution in [3.05, 3.63) is 142 Å². The zero-order valence-electron chi connectivity index (χ0n) is 32.6. The van der Waals surface area contributed by atoms with Crippen molar-refractivity contribution in [2.45, 2.75) is 62.4 Å². The van der Waals surface area contributed by atoms with E-state index in [1.807, 2.05) is 72.8 Å². The highest BCUT2D eigenvalue weighted by Crippen LogP contribution is 2.52. The molecule has 0 bridgehead atoms. The number of hydrogen-bond acceptors (Lipinski definition) is 12. The number of aromatic hydroxyl groups is 2. The second-order valence-corrected chi connectivity index (χ2v) is 17.3. The van der Waals surface area contributed by atoms with Crippen LogP contribution in [0.1, 0.15) is 79.2 Å². The predicted octanol–water partition coefficient (Wildman–Crippen LogP) is 3.23. The Balaban J connectivity index is 1.13. The monoisotopic (exact) mass is 831 g/mol.